The Labute approximate surface area is 167 Å². The molecule has 0 atom stereocenters. The summed E-state index contributed by atoms with van der Waals surface area (Å²) < 4.78 is 12.2. The van der Waals surface area contributed by atoms with Gasteiger partial charge in [-0.3, -0.25) is 0 Å². The molecule has 0 radical (unpaired) electrons. The first-order valence-corrected chi connectivity index (χ1v) is 9.52. The predicted molar refractivity (Wildman–Crippen MR) is 111 cm³/mol. The summed E-state index contributed by atoms with van der Waals surface area (Å²) in [4.78, 5) is 16.5. The van der Waals surface area contributed by atoms with Gasteiger partial charge in [-0.1, -0.05) is 26.0 Å². The van der Waals surface area contributed by atoms with Crippen LogP contribution in [0.25, 0.3) is 6.08 Å². The van der Waals surface area contributed by atoms with Crippen LogP contribution in [0.3, 0.4) is 0 Å². The molecule has 1 aliphatic heterocycles. The maximum absolute atomic E-state index is 12.2. The van der Waals surface area contributed by atoms with E-state index < -0.39 is 5.97 Å². The fourth-order valence-corrected chi connectivity index (χ4v) is 2.76. The molecule has 0 fully saturated rings. The number of benzene rings is 2. The monoisotopic (exact) mass is 461 g/mol. The molecule has 134 valence electrons. The average molecular weight is 461 g/mol. The molecule has 2 aromatic rings. The number of rotatable bonds is 5. The number of hydrogen-bond donors (Lipinski definition) is 0. The van der Waals surface area contributed by atoms with Crippen LogP contribution in [-0.4, -0.2) is 18.5 Å². The summed E-state index contributed by atoms with van der Waals surface area (Å²) in [7, 11) is 0. The number of carbonyl (C=O) groups excluding carboxylic acids is 1. The van der Waals surface area contributed by atoms with Gasteiger partial charge in [0.2, 0.25) is 5.90 Å². The summed E-state index contributed by atoms with van der Waals surface area (Å²) in [6.45, 7) is 6.87. The van der Waals surface area contributed by atoms with E-state index in [1.165, 1.54) is 0 Å². The lowest BCUT2D eigenvalue weighted by atomic mass is 10.1. The largest absolute Gasteiger partial charge is 0.493 e. The zero-order chi connectivity index (χ0) is 18.7. The molecule has 1 aliphatic rings. The molecule has 1 heterocycles. The molecule has 26 heavy (non-hydrogen) atoms. The number of esters is 1. The lowest BCUT2D eigenvalue weighted by Crippen LogP contribution is -2.06. The zero-order valence-electron chi connectivity index (χ0n) is 15.0. The number of carbonyl (C=O) groups is 1. The van der Waals surface area contributed by atoms with E-state index in [1.807, 2.05) is 49.4 Å². The van der Waals surface area contributed by atoms with Crippen LogP contribution in [-0.2, 0) is 9.53 Å². The van der Waals surface area contributed by atoms with Crippen LogP contribution >= 0.6 is 22.6 Å². The fourth-order valence-electron chi connectivity index (χ4n) is 2.43. The van der Waals surface area contributed by atoms with Crippen molar-refractivity contribution in [1.29, 1.82) is 0 Å². The van der Waals surface area contributed by atoms with E-state index in [0.29, 0.717) is 18.4 Å². The normalized spacial score (nSPS) is 15.3. The number of ether oxygens (including phenoxy) is 2. The number of hydrogen-bond acceptors (Lipinski definition) is 4. The van der Waals surface area contributed by atoms with E-state index in [-0.39, 0.29) is 5.70 Å². The number of aryl methyl sites for hydroxylation is 1. The van der Waals surface area contributed by atoms with Crippen LogP contribution < -0.4 is 4.74 Å². The molecule has 0 aliphatic carbocycles. The number of halogens is 1. The van der Waals surface area contributed by atoms with Gasteiger partial charge in [-0.05, 0) is 83.0 Å². The maximum atomic E-state index is 12.2. The first-order valence-electron chi connectivity index (χ1n) is 8.44. The summed E-state index contributed by atoms with van der Waals surface area (Å²) in [5.41, 5.74) is 3.06. The molecule has 0 N–H and O–H groups in total. The van der Waals surface area contributed by atoms with Crippen LogP contribution in [0.5, 0.6) is 5.75 Å². The minimum Gasteiger partial charge on any atom is -0.493 e. The molecule has 0 spiro atoms. The van der Waals surface area contributed by atoms with Gasteiger partial charge in [0.1, 0.15) is 5.75 Å². The van der Waals surface area contributed by atoms with Crippen molar-refractivity contribution in [3.63, 3.8) is 0 Å². The van der Waals surface area contributed by atoms with Gasteiger partial charge in [-0.15, -0.1) is 0 Å². The van der Waals surface area contributed by atoms with Crippen molar-refractivity contribution in [2.45, 2.75) is 20.8 Å². The van der Waals surface area contributed by atoms with Gasteiger partial charge < -0.3 is 9.47 Å². The second-order valence-electron chi connectivity index (χ2n) is 6.58. The molecule has 0 aromatic heterocycles. The smallest absolute Gasteiger partial charge is 0.363 e. The van der Waals surface area contributed by atoms with Crippen molar-refractivity contribution in [3.05, 3.63) is 68.4 Å². The second-order valence-corrected chi connectivity index (χ2v) is 7.74. The van der Waals surface area contributed by atoms with Crippen molar-refractivity contribution in [2.75, 3.05) is 6.61 Å². The van der Waals surface area contributed by atoms with E-state index in [0.717, 1.165) is 26.0 Å². The van der Waals surface area contributed by atoms with E-state index >= 15 is 0 Å². The van der Waals surface area contributed by atoms with E-state index in [9.17, 15) is 4.79 Å². The Balaban J connectivity index is 1.84. The SMILES string of the molecule is Cc1cc(C2=N/C(=C\c3cccc(OCC(C)C)c3)C(=O)O2)ccc1I. The van der Waals surface area contributed by atoms with Gasteiger partial charge in [0.15, 0.2) is 5.70 Å². The van der Waals surface area contributed by atoms with Gasteiger partial charge in [0.25, 0.3) is 0 Å². The van der Waals surface area contributed by atoms with Crippen molar-refractivity contribution in [2.24, 2.45) is 10.9 Å². The van der Waals surface area contributed by atoms with Crippen molar-refractivity contribution in [1.82, 2.24) is 0 Å². The topological polar surface area (TPSA) is 47.9 Å². The summed E-state index contributed by atoms with van der Waals surface area (Å²) in [6, 6.07) is 13.5. The summed E-state index contributed by atoms with van der Waals surface area (Å²) >= 11 is 2.27. The third kappa shape index (κ3) is 4.52. The molecular weight excluding hydrogens is 441 g/mol. The van der Waals surface area contributed by atoms with Crippen LogP contribution in [0, 0.1) is 16.4 Å². The molecule has 0 amide bonds. The Bertz CT molecular complexity index is 900. The first-order chi connectivity index (χ1) is 12.4. The number of cyclic esters (lactones) is 1. The maximum Gasteiger partial charge on any atom is 0.363 e. The Morgan fingerprint density at radius 1 is 1.23 bits per heavy atom. The van der Waals surface area contributed by atoms with Crippen LogP contribution in [0.4, 0.5) is 0 Å². The van der Waals surface area contributed by atoms with Crippen LogP contribution in [0.1, 0.15) is 30.5 Å². The Morgan fingerprint density at radius 2 is 2.04 bits per heavy atom. The number of nitrogens with zero attached hydrogens (tertiary/aromatic N) is 1. The minimum atomic E-state index is -0.440. The van der Waals surface area contributed by atoms with Gasteiger partial charge in [0, 0.05) is 9.13 Å². The lowest BCUT2D eigenvalue weighted by Gasteiger charge is -2.08. The lowest BCUT2D eigenvalue weighted by molar-refractivity contribution is -0.129. The molecule has 5 heteroatoms. The van der Waals surface area contributed by atoms with Crippen molar-refractivity contribution in [3.8, 4) is 5.75 Å². The standard InChI is InChI=1S/C21H20INO3/c1-13(2)12-25-17-6-4-5-15(10-17)11-19-21(24)26-20(23-19)16-7-8-18(22)14(3)9-16/h4-11,13H,12H2,1-3H3/b19-11-. The summed E-state index contributed by atoms with van der Waals surface area (Å²) in [5.74, 6) is 1.13. The van der Waals surface area contributed by atoms with Gasteiger partial charge in [-0.25, -0.2) is 9.79 Å². The highest BCUT2D eigenvalue weighted by Gasteiger charge is 2.24. The Morgan fingerprint density at radius 3 is 2.77 bits per heavy atom. The first kappa shape index (κ1) is 18.6. The summed E-state index contributed by atoms with van der Waals surface area (Å²) in [6.07, 6.45) is 1.72. The van der Waals surface area contributed by atoms with Crippen molar-refractivity contribution >= 4 is 40.5 Å². The zero-order valence-corrected chi connectivity index (χ0v) is 17.1. The second kappa shape index (κ2) is 8.03. The van der Waals surface area contributed by atoms with Gasteiger partial charge in [0.05, 0.1) is 6.61 Å². The van der Waals surface area contributed by atoms with E-state index in [2.05, 4.69) is 41.4 Å². The predicted octanol–water partition coefficient (Wildman–Crippen LogP) is 4.98. The highest BCUT2D eigenvalue weighted by molar-refractivity contribution is 14.1. The fraction of sp³-hybridized carbons (Fsp3) is 0.238. The van der Waals surface area contributed by atoms with E-state index in [1.54, 1.807) is 6.08 Å². The molecule has 3 rings (SSSR count). The molecule has 0 bridgehead atoms. The average Bonchev–Trinajstić information content (AvgIpc) is 2.96. The van der Waals surface area contributed by atoms with Gasteiger partial charge >= 0.3 is 5.97 Å². The Kier molecular flexibility index (Phi) is 5.76. The van der Waals surface area contributed by atoms with Crippen LogP contribution in [0.2, 0.25) is 0 Å². The number of aliphatic imine (C=N–C) groups is 1. The highest BCUT2D eigenvalue weighted by Crippen LogP contribution is 2.23. The molecule has 0 saturated carbocycles. The third-order valence-corrected chi connectivity index (χ3v) is 4.98. The highest BCUT2D eigenvalue weighted by atomic mass is 127. The third-order valence-electron chi connectivity index (χ3n) is 3.77. The molecular formula is C21H20INO3. The molecule has 2 aromatic carbocycles. The minimum absolute atomic E-state index is 0.289. The van der Waals surface area contributed by atoms with Gasteiger partial charge in [-0.2, -0.15) is 0 Å². The van der Waals surface area contributed by atoms with E-state index in [4.69, 9.17) is 9.47 Å². The quantitative estimate of drug-likeness (QED) is 0.359. The molecule has 0 saturated heterocycles. The Hall–Kier alpha value is -2.15. The molecule has 0 unspecified atom stereocenters. The molecule has 4 nitrogen and oxygen atoms in total. The summed E-state index contributed by atoms with van der Waals surface area (Å²) in [5, 5.41) is 0. The van der Waals surface area contributed by atoms with Crippen LogP contribution in [0.15, 0.2) is 53.2 Å². The van der Waals surface area contributed by atoms with Crippen molar-refractivity contribution < 1.29 is 14.3 Å².